The van der Waals surface area contributed by atoms with Crippen LogP contribution in [0.4, 0.5) is 5.95 Å². The number of hydrogen-bond acceptors (Lipinski definition) is 6. The number of amidine groups is 1. The zero-order chi connectivity index (χ0) is 13.9. The molecule has 1 fully saturated rings. The number of nitrogens with zero attached hydrogens (tertiary/aromatic N) is 3. The maximum Gasteiger partial charge on any atom is 0.225 e. The smallest absolute Gasteiger partial charge is 0.225 e. The number of likely N-dealkylation sites (N-methyl/N-ethyl adjacent to an activating group) is 1. The van der Waals surface area contributed by atoms with E-state index in [1.807, 2.05) is 7.05 Å². The van der Waals surface area contributed by atoms with Crippen LogP contribution in [0.5, 0.6) is 0 Å². The highest BCUT2D eigenvalue weighted by Gasteiger charge is 2.31. The van der Waals surface area contributed by atoms with Crippen molar-refractivity contribution in [1.29, 1.82) is 5.41 Å². The maximum atomic E-state index is 10.4. The minimum Gasteiger partial charge on any atom is -0.388 e. The third-order valence-electron chi connectivity index (χ3n) is 3.22. The molecule has 0 unspecified atom stereocenters. The predicted octanol–water partition coefficient (Wildman–Crippen LogP) is -0.262. The topological polar surface area (TPSA) is 108 Å². The average molecular weight is 265 g/mol. The number of anilines is 1. The second-order valence-electron chi connectivity index (χ2n) is 4.85. The lowest BCUT2D eigenvalue weighted by molar-refractivity contribution is -0.0574. The molecule has 0 bridgehead atoms. The summed E-state index contributed by atoms with van der Waals surface area (Å²) >= 11 is 0. The Hall–Kier alpha value is -1.73. The fraction of sp³-hybridized carbons (Fsp3) is 0.583. The first-order valence-corrected chi connectivity index (χ1v) is 6.19. The first-order valence-electron chi connectivity index (χ1n) is 6.19. The van der Waals surface area contributed by atoms with E-state index in [1.165, 1.54) is 0 Å². The van der Waals surface area contributed by atoms with Gasteiger partial charge in [-0.15, -0.1) is 0 Å². The summed E-state index contributed by atoms with van der Waals surface area (Å²) in [6.07, 6.45) is 2.76. The van der Waals surface area contributed by atoms with E-state index >= 15 is 0 Å². The second-order valence-corrected chi connectivity index (χ2v) is 4.85. The van der Waals surface area contributed by atoms with Crippen LogP contribution in [0.1, 0.15) is 18.5 Å². The summed E-state index contributed by atoms with van der Waals surface area (Å²) in [5, 5.41) is 17.8. The quantitative estimate of drug-likeness (QED) is 0.511. The van der Waals surface area contributed by atoms with Crippen molar-refractivity contribution in [1.82, 2.24) is 9.97 Å². The van der Waals surface area contributed by atoms with Gasteiger partial charge in [-0.25, -0.2) is 9.97 Å². The van der Waals surface area contributed by atoms with Crippen molar-refractivity contribution in [3.8, 4) is 0 Å². The highest BCUT2D eigenvalue weighted by Crippen LogP contribution is 2.22. The van der Waals surface area contributed by atoms with Gasteiger partial charge in [0.05, 0.1) is 5.60 Å². The van der Waals surface area contributed by atoms with Gasteiger partial charge in [0, 0.05) is 45.8 Å². The van der Waals surface area contributed by atoms with Crippen LogP contribution in [-0.4, -0.2) is 53.3 Å². The van der Waals surface area contributed by atoms with Crippen LogP contribution in [0, 0.1) is 5.41 Å². The Bertz CT molecular complexity index is 459. The average Bonchev–Trinajstić information content (AvgIpc) is 2.39. The summed E-state index contributed by atoms with van der Waals surface area (Å²) in [6.45, 7) is 1.56. The highest BCUT2D eigenvalue weighted by molar-refractivity contribution is 5.93. The van der Waals surface area contributed by atoms with Crippen LogP contribution in [0.15, 0.2) is 12.3 Å². The zero-order valence-electron chi connectivity index (χ0n) is 11.0. The summed E-state index contributed by atoms with van der Waals surface area (Å²) in [4.78, 5) is 10.1. The summed E-state index contributed by atoms with van der Waals surface area (Å²) < 4.78 is 5.25. The Kier molecular flexibility index (Phi) is 3.96. The number of aliphatic hydroxyl groups is 1. The Morgan fingerprint density at radius 2 is 2.26 bits per heavy atom. The summed E-state index contributed by atoms with van der Waals surface area (Å²) in [7, 11) is 1.81. The van der Waals surface area contributed by atoms with Crippen LogP contribution in [0.25, 0.3) is 0 Å². The zero-order valence-corrected chi connectivity index (χ0v) is 11.0. The van der Waals surface area contributed by atoms with Gasteiger partial charge in [-0.2, -0.15) is 0 Å². The summed E-state index contributed by atoms with van der Waals surface area (Å²) in [5.74, 6) is 0.356. The van der Waals surface area contributed by atoms with E-state index in [4.69, 9.17) is 15.9 Å². The molecule has 1 aromatic rings. The van der Waals surface area contributed by atoms with Crippen LogP contribution in [0.2, 0.25) is 0 Å². The predicted molar refractivity (Wildman–Crippen MR) is 71.3 cm³/mol. The first kappa shape index (κ1) is 13.7. The molecule has 2 heterocycles. The molecule has 1 aliphatic heterocycles. The third-order valence-corrected chi connectivity index (χ3v) is 3.22. The molecule has 0 radical (unpaired) electrons. The molecule has 0 atom stereocenters. The van der Waals surface area contributed by atoms with Crippen molar-refractivity contribution in [2.75, 3.05) is 31.7 Å². The third kappa shape index (κ3) is 3.39. The molecule has 104 valence electrons. The van der Waals surface area contributed by atoms with Gasteiger partial charge in [-0.1, -0.05) is 0 Å². The Labute approximate surface area is 111 Å². The van der Waals surface area contributed by atoms with Crippen molar-refractivity contribution in [3.63, 3.8) is 0 Å². The molecule has 0 saturated carbocycles. The molecule has 7 heteroatoms. The molecule has 0 spiro atoms. The van der Waals surface area contributed by atoms with E-state index in [0.717, 1.165) is 0 Å². The molecule has 0 aliphatic carbocycles. The lowest BCUT2D eigenvalue weighted by Gasteiger charge is -2.35. The molecule has 0 amide bonds. The minimum atomic E-state index is -0.775. The van der Waals surface area contributed by atoms with E-state index in [0.29, 0.717) is 44.2 Å². The van der Waals surface area contributed by atoms with Crippen molar-refractivity contribution < 1.29 is 9.84 Å². The van der Waals surface area contributed by atoms with Gasteiger partial charge in [-0.3, -0.25) is 5.41 Å². The van der Waals surface area contributed by atoms with Crippen LogP contribution < -0.4 is 10.6 Å². The van der Waals surface area contributed by atoms with Gasteiger partial charge in [-0.05, 0) is 6.07 Å². The van der Waals surface area contributed by atoms with Gasteiger partial charge in [0.15, 0.2) is 0 Å². The summed E-state index contributed by atoms with van der Waals surface area (Å²) in [6, 6.07) is 1.59. The highest BCUT2D eigenvalue weighted by atomic mass is 16.5. The molecule has 0 aromatic carbocycles. The summed E-state index contributed by atoms with van der Waals surface area (Å²) in [5.41, 5.74) is 5.01. The lowest BCUT2D eigenvalue weighted by Crippen LogP contribution is -2.46. The molecular weight excluding hydrogens is 246 g/mol. The lowest BCUT2D eigenvalue weighted by atomic mass is 9.94. The van der Waals surface area contributed by atoms with Crippen LogP contribution in [-0.2, 0) is 4.74 Å². The van der Waals surface area contributed by atoms with Crippen molar-refractivity contribution in [2.45, 2.75) is 18.4 Å². The number of nitrogen functional groups attached to an aromatic ring is 1. The number of nitrogens with two attached hydrogens (primary N) is 1. The largest absolute Gasteiger partial charge is 0.388 e. The standard InChI is InChI=1S/C12H19N5O2/c1-17(8-12(18)3-6-19-7-4-12)11-15-5-2-9(16-11)10(13)14/h2,5,18H,3-4,6-8H2,1H3,(H3,13,14). The monoisotopic (exact) mass is 265 g/mol. The van der Waals surface area contributed by atoms with Crippen molar-refractivity contribution in [2.24, 2.45) is 5.73 Å². The Balaban J connectivity index is 2.08. The first-order chi connectivity index (χ1) is 9.00. The number of ether oxygens (including phenoxy) is 1. The molecule has 4 N–H and O–H groups in total. The number of nitrogens with one attached hydrogen (secondary N) is 1. The van der Waals surface area contributed by atoms with Crippen molar-refractivity contribution >= 4 is 11.8 Å². The fourth-order valence-electron chi connectivity index (χ4n) is 2.10. The molecule has 7 nitrogen and oxygen atoms in total. The van der Waals surface area contributed by atoms with Crippen LogP contribution >= 0.6 is 0 Å². The minimum absolute atomic E-state index is 0.0955. The SMILES string of the molecule is CN(CC1(O)CCOCC1)c1nccc(C(=N)N)n1. The molecule has 1 aliphatic rings. The number of hydrogen-bond donors (Lipinski definition) is 3. The van der Waals surface area contributed by atoms with Crippen molar-refractivity contribution in [3.05, 3.63) is 18.0 Å². The van der Waals surface area contributed by atoms with E-state index < -0.39 is 5.60 Å². The van der Waals surface area contributed by atoms with Gasteiger partial charge in [0.1, 0.15) is 11.5 Å². The Morgan fingerprint density at radius 1 is 1.58 bits per heavy atom. The second kappa shape index (κ2) is 5.50. The van der Waals surface area contributed by atoms with Crippen LogP contribution in [0.3, 0.4) is 0 Å². The molecule has 1 aromatic heterocycles. The molecule has 19 heavy (non-hydrogen) atoms. The van der Waals surface area contributed by atoms with Gasteiger partial charge < -0.3 is 20.5 Å². The van der Waals surface area contributed by atoms with Gasteiger partial charge >= 0.3 is 0 Å². The normalized spacial score (nSPS) is 18.0. The van der Waals surface area contributed by atoms with Gasteiger partial charge in [0.25, 0.3) is 0 Å². The Morgan fingerprint density at radius 3 is 2.89 bits per heavy atom. The van der Waals surface area contributed by atoms with E-state index in [9.17, 15) is 5.11 Å². The van der Waals surface area contributed by atoms with E-state index in [-0.39, 0.29) is 5.84 Å². The number of rotatable bonds is 4. The molecular formula is C12H19N5O2. The van der Waals surface area contributed by atoms with E-state index in [2.05, 4.69) is 9.97 Å². The molecule has 2 rings (SSSR count). The molecule has 1 saturated heterocycles. The number of aromatic nitrogens is 2. The maximum absolute atomic E-state index is 10.4. The van der Waals surface area contributed by atoms with E-state index in [1.54, 1.807) is 17.2 Å². The fourth-order valence-corrected chi connectivity index (χ4v) is 2.10. The van der Waals surface area contributed by atoms with Gasteiger partial charge in [0.2, 0.25) is 5.95 Å².